The summed E-state index contributed by atoms with van der Waals surface area (Å²) in [6, 6.07) is 3.60. The molecule has 0 aliphatic carbocycles. The van der Waals surface area contributed by atoms with Crippen LogP contribution in [0.15, 0.2) is 12.1 Å². The van der Waals surface area contributed by atoms with E-state index >= 15 is 0 Å². The lowest BCUT2D eigenvalue weighted by Crippen LogP contribution is -2.24. The van der Waals surface area contributed by atoms with Gasteiger partial charge in [-0.05, 0) is 44.0 Å². The molecule has 88 valence electrons. The topological polar surface area (TPSA) is 35.5 Å². The lowest BCUT2D eigenvalue weighted by Gasteiger charge is -2.14. The Hall–Kier alpha value is -1.22. The fourth-order valence-electron chi connectivity index (χ4n) is 1.39. The van der Waals surface area contributed by atoms with E-state index in [-0.39, 0.29) is 0 Å². The Morgan fingerprint density at radius 3 is 2.25 bits per heavy atom. The van der Waals surface area contributed by atoms with Gasteiger partial charge in [0.2, 0.25) is 0 Å². The Morgan fingerprint density at radius 2 is 1.81 bits per heavy atom. The molecule has 1 rings (SSSR count). The number of benzene rings is 1. The van der Waals surface area contributed by atoms with Crippen molar-refractivity contribution in [3.05, 3.63) is 28.3 Å². The maximum Gasteiger partial charge on any atom is 0.346 e. The molecule has 0 radical (unpaired) electrons. The second-order valence-corrected chi connectivity index (χ2v) is 4.03. The fraction of sp³-hybridized carbons (Fsp3) is 0.417. The number of aryl methyl sites for hydroxylation is 2. The van der Waals surface area contributed by atoms with Gasteiger partial charge in [0.05, 0.1) is 7.11 Å². The molecule has 1 aromatic rings. The van der Waals surface area contributed by atoms with Crippen LogP contribution in [0, 0.1) is 13.8 Å². The third-order valence-electron chi connectivity index (χ3n) is 2.26. The highest BCUT2D eigenvalue weighted by Crippen LogP contribution is 2.26. The van der Waals surface area contributed by atoms with E-state index in [1.165, 1.54) is 7.11 Å². The molecule has 16 heavy (non-hydrogen) atoms. The second kappa shape index (κ2) is 5.21. The summed E-state index contributed by atoms with van der Waals surface area (Å²) in [5, 5.41) is 0.720. The molecule has 0 heterocycles. The summed E-state index contributed by atoms with van der Waals surface area (Å²) < 4.78 is 10.0. The predicted molar refractivity (Wildman–Crippen MR) is 63.0 cm³/mol. The largest absolute Gasteiger partial charge is 0.479 e. The lowest BCUT2D eigenvalue weighted by molar-refractivity contribution is -0.147. The number of halogens is 1. The zero-order chi connectivity index (χ0) is 12.3. The van der Waals surface area contributed by atoms with Gasteiger partial charge < -0.3 is 9.47 Å². The lowest BCUT2D eigenvalue weighted by atomic mass is 10.1. The standard InChI is InChI=1S/C12H15ClO3/c1-7-5-10(6-8(2)11(7)13)16-9(3)12(14)15-4/h5-6,9H,1-4H3/t9-/m0/s1. The Morgan fingerprint density at radius 1 is 1.31 bits per heavy atom. The molecule has 0 unspecified atom stereocenters. The van der Waals surface area contributed by atoms with Gasteiger partial charge in [0.25, 0.3) is 0 Å². The summed E-state index contributed by atoms with van der Waals surface area (Å²) in [6.07, 6.45) is -0.620. The van der Waals surface area contributed by atoms with Gasteiger partial charge in [0, 0.05) is 5.02 Å². The number of methoxy groups -OCH3 is 1. The minimum Gasteiger partial charge on any atom is -0.479 e. The van der Waals surface area contributed by atoms with Crippen LogP contribution in [0.25, 0.3) is 0 Å². The molecule has 0 saturated heterocycles. The van der Waals surface area contributed by atoms with Crippen molar-refractivity contribution < 1.29 is 14.3 Å². The molecule has 0 bridgehead atoms. The van der Waals surface area contributed by atoms with Gasteiger partial charge in [0.1, 0.15) is 5.75 Å². The number of rotatable bonds is 3. The number of esters is 1. The van der Waals surface area contributed by atoms with Crippen molar-refractivity contribution >= 4 is 17.6 Å². The SMILES string of the molecule is COC(=O)[C@H](C)Oc1cc(C)c(Cl)c(C)c1. The average molecular weight is 243 g/mol. The summed E-state index contributed by atoms with van der Waals surface area (Å²) in [5.41, 5.74) is 1.85. The molecule has 0 aliphatic rings. The van der Waals surface area contributed by atoms with E-state index in [0.29, 0.717) is 5.75 Å². The van der Waals surface area contributed by atoms with Crippen LogP contribution in [0.3, 0.4) is 0 Å². The highest BCUT2D eigenvalue weighted by atomic mass is 35.5. The van der Waals surface area contributed by atoms with Crippen molar-refractivity contribution in [2.24, 2.45) is 0 Å². The van der Waals surface area contributed by atoms with Gasteiger partial charge >= 0.3 is 5.97 Å². The number of hydrogen-bond acceptors (Lipinski definition) is 3. The first kappa shape index (κ1) is 12.8. The van der Waals surface area contributed by atoms with E-state index in [9.17, 15) is 4.79 Å². The summed E-state index contributed by atoms with van der Waals surface area (Å²) in [4.78, 5) is 11.2. The van der Waals surface area contributed by atoms with Crippen molar-refractivity contribution in [1.29, 1.82) is 0 Å². The molecule has 4 heteroatoms. The average Bonchev–Trinajstić information content (AvgIpc) is 2.24. The summed E-state index contributed by atoms with van der Waals surface area (Å²) >= 11 is 6.03. The first-order chi connectivity index (χ1) is 7.45. The molecular weight excluding hydrogens is 228 g/mol. The first-order valence-corrected chi connectivity index (χ1v) is 5.34. The van der Waals surface area contributed by atoms with Crippen LogP contribution >= 0.6 is 11.6 Å². The van der Waals surface area contributed by atoms with Gasteiger partial charge in [-0.2, -0.15) is 0 Å². The molecule has 3 nitrogen and oxygen atoms in total. The van der Waals surface area contributed by atoms with Crippen LogP contribution in [0.1, 0.15) is 18.1 Å². The molecular formula is C12H15ClO3. The number of carbonyl (C=O) groups excluding carboxylic acids is 1. The summed E-state index contributed by atoms with van der Waals surface area (Å²) in [5.74, 6) is 0.225. The first-order valence-electron chi connectivity index (χ1n) is 4.97. The van der Waals surface area contributed by atoms with E-state index in [2.05, 4.69) is 4.74 Å². The highest BCUT2D eigenvalue weighted by Gasteiger charge is 2.15. The van der Waals surface area contributed by atoms with Crippen LogP contribution in [0.5, 0.6) is 5.75 Å². The Kier molecular flexibility index (Phi) is 4.19. The summed E-state index contributed by atoms with van der Waals surface area (Å²) in [6.45, 7) is 5.43. The Labute approximate surface area is 100 Å². The van der Waals surface area contributed by atoms with Crippen molar-refractivity contribution in [3.63, 3.8) is 0 Å². The highest BCUT2D eigenvalue weighted by molar-refractivity contribution is 6.32. The minimum absolute atomic E-state index is 0.398. The normalized spacial score (nSPS) is 12.1. The van der Waals surface area contributed by atoms with Crippen LogP contribution in [-0.2, 0) is 9.53 Å². The molecule has 0 aliphatic heterocycles. The van der Waals surface area contributed by atoms with Crippen LogP contribution in [0.4, 0.5) is 0 Å². The van der Waals surface area contributed by atoms with Crippen molar-refractivity contribution in [1.82, 2.24) is 0 Å². The molecule has 0 saturated carbocycles. The molecule has 1 aromatic carbocycles. The summed E-state index contributed by atoms with van der Waals surface area (Å²) in [7, 11) is 1.33. The van der Waals surface area contributed by atoms with Gasteiger partial charge in [-0.15, -0.1) is 0 Å². The Bertz CT molecular complexity index is 378. The van der Waals surface area contributed by atoms with E-state index in [1.54, 1.807) is 19.1 Å². The zero-order valence-corrected chi connectivity index (χ0v) is 10.6. The van der Waals surface area contributed by atoms with E-state index in [4.69, 9.17) is 16.3 Å². The number of hydrogen-bond donors (Lipinski definition) is 0. The van der Waals surface area contributed by atoms with E-state index in [1.807, 2.05) is 13.8 Å². The second-order valence-electron chi connectivity index (χ2n) is 3.65. The Balaban J connectivity index is 2.86. The molecule has 0 fully saturated rings. The number of ether oxygens (including phenoxy) is 2. The zero-order valence-electron chi connectivity index (χ0n) is 9.83. The van der Waals surface area contributed by atoms with E-state index < -0.39 is 12.1 Å². The van der Waals surface area contributed by atoms with Crippen LogP contribution in [0.2, 0.25) is 5.02 Å². The molecule has 0 aromatic heterocycles. The smallest absolute Gasteiger partial charge is 0.346 e. The van der Waals surface area contributed by atoms with E-state index in [0.717, 1.165) is 16.1 Å². The third-order valence-corrected chi connectivity index (χ3v) is 2.85. The van der Waals surface area contributed by atoms with Gasteiger partial charge in [-0.25, -0.2) is 4.79 Å². The quantitative estimate of drug-likeness (QED) is 0.765. The minimum atomic E-state index is -0.620. The molecule has 1 atom stereocenters. The maximum atomic E-state index is 11.2. The monoisotopic (exact) mass is 242 g/mol. The molecule has 0 N–H and O–H groups in total. The van der Waals surface area contributed by atoms with Crippen molar-refractivity contribution in [2.75, 3.05) is 7.11 Å². The van der Waals surface area contributed by atoms with Gasteiger partial charge in [-0.1, -0.05) is 11.6 Å². The fourth-order valence-corrected chi connectivity index (χ4v) is 1.50. The molecule has 0 spiro atoms. The van der Waals surface area contributed by atoms with Gasteiger partial charge in [-0.3, -0.25) is 0 Å². The predicted octanol–water partition coefficient (Wildman–Crippen LogP) is 2.90. The van der Waals surface area contributed by atoms with Crippen molar-refractivity contribution in [2.45, 2.75) is 26.9 Å². The van der Waals surface area contributed by atoms with Crippen molar-refractivity contribution in [3.8, 4) is 5.75 Å². The number of carbonyl (C=O) groups is 1. The molecule has 0 amide bonds. The van der Waals surface area contributed by atoms with Gasteiger partial charge in [0.15, 0.2) is 6.10 Å². The van der Waals surface area contributed by atoms with Crippen LogP contribution in [-0.4, -0.2) is 19.2 Å². The third kappa shape index (κ3) is 2.89. The van der Waals surface area contributed by atoms with Crippen LogP contribution < -0.4 is 4.74 Å². The maximum absolute atomic E-state index is 11.2.